The van der Waals surface area contributed by atoms with Crippen LogP contribution in [0, 0.1) is 0 Å². The van der Waals surface area contributed by atoms with Crippen molar-refractivity contribution < 1.29 is 14.3 Å². The maximum absolute atomic E-state index is 11.1. The summed E-state index contributed by atoms with van der Waals surface area (Å²) < 4.78 is 11.1. The summed E-state index contributed by atoms with van der Waals surface area (Å²) >= 11 is 0. The first-order chi connectivity index (χ1) is 10.1. The molecule has 0 saturated heterocycles. The molecule has 2 rings (SSSR count). The van der Waals surface area contributed by atoms with Gasteiger partial charge in [0.2, 0.25) is 5.91 Å². The van der Waals surface area contributed by atoms with Crippen molar-refractivity contribution in [2.75, 3.05) is 18.9 Å². The van der Waals surface area contributed by atoms with Crippen molar-refractivity contribution >= 4 is 11.6 Å². The smallest absolute Gasteiger partial charge is 0.248 e. The molecule has 0 aromatic heterocycles. The fraction of sp³-hybridized carbons (Fsp3) is 0.188. The Kier molecular flexibility index (Phi) is 5.04. The molecule has 0 atom stereocenters. The Morgan fingerprint density at radius 1 is 0.952 bits per heavy atom. The molecule has 0 aliphatic heterocycles. The minimum atomic E-state index is -0.467. The molecule has 0 radical (unpaired) electrons. The number of carbonyl (C=O) groups excluding carboxylic acids is 1. The SMILES string of the molecule is NC(=O)c1cccc(OCCCOc2cccc(N)c2)c1. The van der Waals surface area contributed by atoms with E-state index in [0.29, 0.717) is 30.2 Å². The summed E-state index contributed by atoms with van der Waals surface area (Å²) in [7, 11) is 0. The first-order valence-electron chi connectivity index (χ1n) is 6.66. The molecule has 4 N–H and O–H groups in total. The molecule has 0 spiro atoms. The quantitative estimate of drug-likeness (QED) is 0.603. The molecule has 0 heterocycles. The third kappa shape index (κ3) is 4.72. The maximum atomic E-state index is 11.1. The Hall–Kier alpha value is -2.69. The maximum Gasteiger partial charge on any atom is 0.248 e. The van der Waals surface area contributed by atoms with Crippen LogP contribution in [-0.2, 0) is 0 Å². The fourth-order valence-corrected chi connectivity index (χ4v) is 1.78. The Labute approximate surface area is 123 Å². The van der Waals surface area contributed by atoms with Crippen LogP contribution in [0.3, 0.4) is 0 Å². The van der Waals surface area contributed by atoms with Crippen LogP contribution >= 0.6 is 0 Å². The van der Waals surface area contributed by atoms with Gasteiger partial charge in [-0.05, 0) is 30.3 Å². The van der Waals surface area contributed by atoms with Gasteiger partial charge in [0, 0.05) is 23.7 Å². The van der Waals surface area contributed by atoms with Crippen LogP contribution in [0.4, 0.5) is 5.69 Å². The number of primary amides is 1. The van der Waals surface area contributed by atoms with Crippen LogP contribution in [0.5, 0.6) is 11.5 Å². The predicted molar refractivity (Wildman–Crippen MR) is 81.4 cm³/mol. The van der Waals surface area contributed by atoms with Gasteiger partial charge in [-0.1, -0.05) is 12.1 Å². The van der Waals surface area contributed by atoms with Gasteiger partial charge in [0.15, 0.2) is 0 Å². The van der Waals surface area contributed by atoms with Crippen LogP contribution in [0.25, 0.3) is 0 Å². The minimum Gasteiger partial charge on any atom is -0.493 e. The molecule has 5 nitrogen and oxygen atoms in total. The third-order valence-corrected chi connectivity index (χ3v) is 2.80. The van der Waals surface area contributed by atoms with Crippen molar-refractivity contribution in [1.29, 1.82) is 0 Å². The number of nitrogens with two attached hydrogens (primary N) is 2. The summed E-state index contributed by atoms with van der Waals surface area (Å²) in [4.78, 5) is 11.1. The van der Waals surface area contributed by atoms with Crippen LogP contribution in [0.1, 0.15) is 16.8 Å². The topological polar surface area (TPSA) is 87.6 Å². The van der Waals surface area contributed by atoms with Gasteiger partial charge in [-0.15, -0.1) is 0 Å². The van der Waals surface area contributed by atoms with Gasteiger partial charge < -0.3 is 20.9 Å². The number of hydrogen-bond donors (Lipinski definition) is 2. The summed E-state index contributed by atoms with van der Waals surface area (Å²) in [6, 6.07) is 14.1. The molecule has 0 fully saturated rings. The van der Waals surface area contributed by atoms with E-state index in [0.717, 1.165) is 12.2 Å². The van der Waals surface area contributed by atoms with Crippen LogP contribution < -0.4 is 20.9 Å². The van der Waals surface area contributed by atoms with Gasteiger partial charge in [0.1, 0.15) is 11.5 Å². The summed E-state index contributed by atoms with van der Waals surface area (Å²) in [6.07, 6.45) is 0.718. The summed E-state index contributed by atoms with van der Waals surface area (Å²) in [5, 5.41) is 0. The van der Waals surface area contributed by atoms with Gasteiger partial charge in [0.25, 0.3) is 0 Å². The van der Waals surface area contributed by atoms with E-state index in [1.807, 2.05) is 18.2 Å². The lowest BCUT2D eigenvalue weighted by molar-refractivity contribution is 0.0999. The first-order valence-corrected chi connectivity index (χ1v) is 6.66. The largest absolute Gasteiger partial charge is 0.493 e. The molecule has 110 valence electrons. The van der Waals surface area contributed by atoms with E-state index in [9.17, 15) is 4.79 Å². The molecule has 1 amide bonds. The lowest BCUT2D eigenvalue weighted by atomic mass is 10.2. The van der Waals surface area contributed by atoms with Crippen LogP contribution in [0.15, 0.2) is 48.5 Å². The van der Waals surface area contributed by atoms with E-state index in [2.05, 4.69) is 0 Å². The third-order valence-electron chi connectivity index (χ3n) is 2.80. The number of carbonyl (C=O) groups is 1. The number of amides is 1. The highest BCUT2D eigenvalue weighted by Gasteiger charge is 2.02. The zero-order valence-electron chi connectivity index (χ0n) is 11.6. The zero-order chi connectivity index (χ0) is 15.1. The van der Waals surface area contributed by atoms with E-state index >= 15 is 0 Å². The van der Waals surface area contributed by atoms with Crippen LogP contribution in [0.2, 0.25) is 0 Å². The van der Waals surface area contributed by atoms with E-state index in [1.165, 1.54) is 0 Å². The summed E-state index contributed by atoms with van der Waals surface area (Å²) in [5.41, 5.74) is 12.0. The average Bonchev–Trinajstić information content (AvgIpc) is 2.47. The average molecular weight is 286 g/mol. The zero-order valence-corrected chi connectivity index (χ0v) is 11.6. The molecule has 0 unspecified atom stereocenters. The van der Waals surface area contributed by atoms with E-state index in [4.69, 9.17) is 20.9 Å². The first kappa shape index (κ1) is 14.7. The molecule has 2 aromatic carbocycles. The van der Waals surface area contributed by atoms with Crippen molar-refractivity contribution in [2.24, 2.45) is 5.73 Å². The van der Waals surface area contributed by atoms with Crippen molar-refractivity contribution in [1.82, 2.24) is 0 Å². The monoisotopic (exact) mass is 286 g/mol. The highest BCUT2D eigenvalue weighted by atomic mass is 16.5. The lowest BCUT2D eigenvalue weighted by Gasteiger charge is -2.09. The second-order valence-corrected chi connectivity index (χ2v) is 4.52. The Morgan fingerprint density at radius 2 is 1.57 bits per heavy atom. The number of ether oxygens (including phenoxy) is 2. The van der Waals surface area contributed by atoms with Gasteiger partial charge in [-0.25, -0.2) is 0 Å². The number of hydrogen-bond acceptors (Lipinski definition) is 4. The normalized spacial score (nSPS) is 10.1. The summed E-state index contributed by atoms with van der Waals surface area (Å²) in [5.74, 6) is 0.895. The van der Waals surface area contributed by atoms with Gasteiger partial charge in [0.05, 0.1) is 13.2 Å². The second-order valence-electron chi connectivity index (χ2n) is 4.52. The van der Waals surface area contributed by atoms with Crippen molar-refractivity contribution in [3.05, 3.63) is 54.1 Å². The molecular formula is C16H18N2O3. The molecule has 21 heavy (non-hydrogen) atoms. The second kappa shape index (κ2) is 7.19. The molecule has 5 heteroatoms. The lowest BCUT2D eigenvalue weighted by Crippen LogP contribution is -2.11. The standard InChI is InChI=1S/C16H18N2O3/c17-13-5-2-7-15(11-13)21-9-3-8-20-14-6-1-4-12(10-14)16(18)19/h1-2,4-7,10-11H,3,8-9,17H2,(H2,18,19). The van der Waals surface area contributed by atoms with Crippen LogP contribution in [-0.4, -0.2) is 19.1 Å². The van der Waals surface area contributed by atoms with Gasteiger partial charge in [-0.3, -0.25) is 4.79 Å². The molecule has 0 saturated carbocycles. The van der Waals surface area contributed by atoms with Crippen molar-refractivity contribution in [2.45, 2.75) is 6.42 Å². The van der Waals surface area contributed by atoms with E-state index in [-0.39, 0.29) is 0 Å². The number of nitrogen functional groups attached to an aromatic ring is 1. The minimum absolute atomic E-state index is 0.434. The van der Waals surface area contributed by atoms with Crippen molar-refractivity contribution in [3.8, 4) is 11.5 Å². The predicted octanol–water partition coefficient (Wildman–Crippen LogP) is 2.22. The number of rotatable bonds is 7. The number of benzene rings is 2. The van der Waals surface area contributed by atoms with Gasteiger partial charge in [-0.2, -0.15) is 0 Å². The van der Waals surface area contributed by atoms with E-state index in [1.54, 1.807) is 30.3 Å². The molecule has 0 bridgehead atoms. The molecular weight excluding hydrogens is 268 g/mol. The fourth-order valence-electron chi connectivity index (χ4n) is 1.78. The highest BCUT2D eigenvalue weighted by molar-refractivity contribution is 5.93. The Bertz CT molecular complexity index is 614. The molecule has 0 aliphatic rings. The molecule has 0 aliphatic carbocycles. The van der Waals surface area contributed by atoms with Crippen molar-refractivity contribution in [3.63, 3.8) is 0 Å². The molecule has 2 aromatic rings. The Morgan fingerprint density at radius 3 is 2.19 bits per heavy atom. The van der Waals surface area contributed by atoms with E-state index < -0.39 is 5.91 Å². The summed E-state index contributed by atoms with van der Waals surface area (Å²) in [6.45, 7) is 1.02. The number of anilines is 1. The van der Waals surface area contributed by atoms with Gasteiger partial charge >= 0.3 is 0 Å². The highest BCUT2D eigenvalue weighted by Crippen LogP contribution is 2.15. The Balaban J connectivity index is 1.72.